The van der Waals surface area contributed by atoms with Crippen LogP contribution >= 0.6 is 0 Å². The number of carbonyl (C=O) groups excluding carboxylic acids is 1. The number of carbonyl (C=O) groups is 1. The summed E-state index contributed by atoms with van der Waals surface area (Å²) in [6.45, 7) is 4.36. The number of hydrogen-bond donors (Lipinski definition) is 0. The van der Waals surface area contributed by atoms with Gasteiger partial charge in [-0.05, 0) is 50.2 Å². The smallest absolute Gasteiger partial charge is 0.338 e. The second-order valence-corrected chi connectivity index (χ2v) is 5.42. The number of aryl methyl sites for hydroxylation is 1. The van der Waals surface area contributed by atoms with Crippen LogP contribution in [-0.2, 0) is 11.3 Å². The molecule has 0 aliphatic heterocycles. The Labute approximate surface area is 146 Å². The summed E-state index contributed by atoms with van der Waals surface area (Å²) in [5.41, 5.74) is 1.96. The van der Waals surface area contributed by atoms with Gasteiger partial charge in [0.15, 0.2) is 0 Å². The van der Waals surface area contributed by atoms with Crippen molar-refractivity contribution >= 4 is 5.97 Å². The number of nitrogens with zero attached hydrogens (tertiary/aromatic N) is 1. The third kappa shape index (κ3) is 4.07. The van der Waals surface area contributed by atoms with Crippen LogP contribution in [0.3, 0.4) is 0 Å². The van der Waals surface area contributed by atoms with E-state index in [9.17, 15) is 4.79 Å². The summed E-state index contributed by atoms with van der Waals surface area (Å²) in [6, 6.07) is 16.4. The van der Waals surface area contributed by atoms with Gasteiger partial charge in [0.2, 0.25) is 5.89 Å². The minimum atomic E-state index is -0.410. The topological polar surface area (TPSA) is 61.6 Å². The molecule has 0 fully saturated rings. The van der Waals surface area contributed by atoms with Gasteiger partial charge in [-0.1, -0.05) is 18.2 Å². The first-order valence-electron chi connectivity index (χ1n) is 8.09. The molecule has 3 rings (SSSR count). The molecule has 0 unspecified atom stereocenters. The molecule has 0 saturated carbocycles. The minimum absolute atomic E-state index is 0.0637. The summed E-state index contributed by atoms with van der Waals surface area (Å²) in [4.78, 5) is 16.6. The molecule has 25 heavy (non-hydrogen) atoms. The third-order valence-corrected chi connectivity index (χ3v) is 3.65. The van der Waals surface area contributed by atoms with Crippen LogP contribution in [-0.4, -0.2) is 17.6 Å². The summed E-state index contributed by atoms with van der Waals surface area (Å²) in [5.74, 6) is 1.47. The Morgan fingerprint density at radius 2 is 1.80 bits per heavy atom. The molecule has 0 saturated heterocycles. The van der Waals surface area contributed by atoms with E-state index >= 15 is 0 Å². The Bertz CT molecular complexity index is 838. The largest absolute Gasteiger partial charge is 0.494 e. The number of hydrogen-bond acceptors (Lipinski definition) is 5. The zero-order chi connectivity index (χ0) is 17.6. The molecule has 0 bridgehead atoms. The monoisotopic (exact) mass is 337 g/mol. The number of ether oxygens (including phenoxy) is 2. The summed E-state index contributed by atoms with van der Waals surface area (Å²) >= 11 is 0. The van der Waals surface area contributed by atoms with E-state index in [2.05, 4.69) is 4.98 Å². The molecule has 128 valence electrons. The first-order chi connectivity index (χ1) is 12.2. The van der Waals surface area contributed by atoms with E-state index in [1.54, 1.807) is 31.2 Å². The van der Waals surface area contributed by atoms with E-state index in [0.717, 1.165) is 11.3 Å². The van der Waals surface area contributed by atoms with Gasteiger partial charge in [0.25, 0.3) is 0 Å². The van der Waals surface area contributed by atoms with E-state index < -0.39 is 5.97 Å². The maximum absolute atomic E-state index is 12.2. The van der Waals surface area contributed by atoms with Crippen LogP contribution in [0.4, 0.5) is 0 Å². The van der Waals surface area contributed by atoms with Crippen LogP contribution in [0, 0.1) is 6.92 Å². The number of benzene rings is 2. The Hall–Kier alpha value is -3.08. The standard InChI is InChI=1S/C20H19NO4/c1-3-23-17-11-9-16(10-12-17)20(22)24-13-18-14(2)25-19(21-18)15-7-5-4-6-8-15/h4-12H,3,13H2,1-2H3. The van der Waals surface area contributed by atoms with Gasteiger partial charge < -0.3 is 13.9 Å². The maximum Gasteiger partial charge on any atom is 0.338 e. The van der Waals surface area contributed by atoms with Crippen LogP contribution in [0.2, 0.25) is 0 Å². The fraction of sp³-hybridized carbons (Fsp3) is 0.200. The molecule has 3 aromatic rings. The Morgan fingerprint density at radius 3 is 2.48 bits per heavy atom. The minimum Gasteiger partial charge on any atom is -0.494 e. The van der Waals surface area contributed by atoms with Gasteiger partial charge in [-0.25, -0.2) is 9.78 Å². The van der Waals surface area contributed by atoms with Crippen molar-refractivity contribution in [2.45, 2.75) is 20.5 Å². The number of oxazole rings is 1. The molecule has 0 atom stereocenters. The van der Waals surface area contributed by atoms with Crippen molar-refractivity contribution < 1.29 is 18.7 Å². The lowest BCUT2D eigenvalue weighted by atomic mass is 10.2. The molecule has 2 aromatic carbocycles. The number of aromatic nitrogens is 1. The molecule has 1 aromatic heterocycles. The molecular formula is C20H19NO4. The lowest BCUT2D eigenvalue weighted by Gasteiger charge is -2.05. The van der Waals surface area contributed by atoms with Gasteiger partial charge in [0.1, 0.15) is 23.8 Å². The predicted molar refractivity (Wildman–Crippen MR) is 93.4 cm³/mol. The maximum atomic E-state index is 12.2. The second-order valence-electron chi connectivity index (χ2n) is 5.42. The lowest BCUT2D eigenvalue weighted by Crippen LogP contribution is -2.06. The average Bonchev–Trinajstić information content (AvgIpc) is 3.02. The lowest BCUT2D eigenvalue weighted by molar-refractivity contribution is 0.0467. The summed E-state index contributed by atoms with van der Waals surface area (Å²) in [5, 5.41) is 0. The molecule has 1 heterocycles. The summed E-state index contributed by atoms with van der Waals surface area (Å²) < 4.78 is 16.4. The van der Waals surface area contributed by atoms with Crippen LogP contribution in [0.15, 0.2) is 59.0 Å². The van der Waals surface area contributed by atoms with Crippen molar-refractivity contribution in [2.24, 2.45) is 0 Å². The van der Waals surface area contributed by atoms with E-state index in [0.29, 0.717) is 29.5 Å². The molecule has 5 nitrogen and oxygen atoms in total. The van der Waals surface area contributed by atoms with Gasteiger partial charge in [0, 0.05) is 5.56 Å². The molecule has 0 radical (unpaired) electrons. The molecule has 0 aliphatic carbocycles. The predicted octanol–water partition coefficient (Wildman–Crippen LogP) is 4.41. The van der Waals surface area contributed by atoms with E-state index in [-0.39, 0.29) is 6.61 Å². The fourth-order valence-corrected chi connectivity index (χ4v) is 2.34. The van der Waals surface area contributed by atoms with Gasteiger partial charge in [-0.15, -0.1) is 0 Å². The molecule has 0 N–H and O–H groups in total. The van der Waals surface area contributed by atoms with Gasteiger partial charge in [0.05, 0.1) is 12.2 Å². The number of esters is 1. The normalized spacial score (nSPS) is 10.5. The van der Waals surface area contributed by atoms with E-state index in [4.69, 9.17) is 13.9 Å². The highest BCUT2D eigenvalue weighted by Crippen LogP contribution is 2.22. The van der Waals surface area contributed by atoms with Crippen LogP contribution in [0.1, 0.15) is 28.7 Å². The van der Waals surface area contributed by atoms with Crippen molar-refractivity contribution in [1.29, 1.82) is 0 Å². The average molecular weight is 337 g/mol. The molecule has 5 heteroatoms. The van der Waals surface area contributed by atoms with Gasteiger partial charge in [-0.3, -0.25) is 0 Å². The highest BCUT2D eigenvalue weighted by molar-refractivity contribution is 5.89. The SMILES string of the molecule is CCOc1ccc(C(=O)OCc2nc(-c3ccccc3)oc2C)cc1. The van der Waals surface area contributed by atoms with Crippen LogP contribution in [0.25, 0.3) is 11.5 Å². The summed E-state index contributed by atoms with van der Waals surface area (Å²) in [7, 11) is 0. The van der Waals surface area contributed by atoms with Gasteiger partial charge >= 0.3 is 5.97 Å². The first kappa shape index (κ1) is 16.8. The molecule has 0 aliphatic rings. The van der Waals surface area contributed by atoms with Gasteiger partial charge in [-0.2, -0.15) is 0 Å². The first-order valence-corrected chi connectivity index (χ1v) is 8.09. The Morgan fingerprint density at radius 1 is 1.08 bits per heavy atom. The van der Waals surface area contributed by atoms with Crippen LogP contribution in [0.5, 0.6) is 5.75 Å². The van der Waals surface area contributed by atoms with E-state index in [1.165, 1.54) is 0 Å². The Balaban J connectivity index is 1.65. The fourth-order valence-electron chi connectivity index (χ4n) is 2.34. The van der Waals surface area contributed by atoms with Crippen molar-refractivity contribution in [3.63, 3.8) is 0 Å². The number of rotatable bonds is 6. The van der Waals surface area contributed by atoms with E-state index in [1.807, 2.05) is 37.3 Å². The highest BCUT2D eigenvalue weighted by atomic mass is 16.5. The van der Waals surface area contributed by atoms with Crippen molar-refractivity contribution in [3.8, 4) is 17.2 Å². The second kappa shape index (κ2) is 7.66. The quantitative estimate of drug-likeness (QED) is 0.624. The zero-order valence-electron chi connectivity index (χ0n) is 14.2. The van der Waals surface area contributed by atoms with Crippen molar-refractivity contribution in [1.82, 2.24) is 4.98 Å². The Kier molecular flexibility index (Phi) is 5.14. The highest BCUT2D eigenvalue weighted by Gasteiger charge is 2.14. The van der Waals surface area contributed by atoms with Crippen molar-refractivity contribution in [2.75, 3.05) is 6.61 Å². The summed E-state index contributed by atoms with van der Waals surface area (Å²) in [6.07, 6.45) is 0. The molecule has 0 amide bonds. The molecule has 0 spiro atoms. The zero-order valence-corrected chi connectivity index (χ0v) is 14.2. The molecular weight excluding hydrogens is 318 g/mol. The third-order valence-electron chi connectivity index (χ3n) is 3.65. The van der Waals surface area contributed by atoms with Crippen molar-refractivity contribution in [3.05, 3.63) is 71.6 Å². The van der Waals surface area contributed by atoms with Crippen LogP contribution < -0.4 is 4.74 Å².